The topological polar surface area (TPSA) is 41.9 Å². The number of benzene rings is 1. The van der Waals surface area contributed by atoms with E-state index in [1.807, 2.05) is 36.5 Å². The van der Waals surface area contributed by atoms with Crippen molar-refractivity contribution >= 4 is 36.4 Å². The number of halogens is 2. The van der Waals surface area contributed by atoms with Crippen LogP contribution < -0.4 is 10.6 Å². The van der Waals surface area contributed by atoms with Crippen molar-refractivity contribution < 1.29 is 0 Å². The van der Waals surface area contributed by atoms with Crippen LogP contribution in [-0.2, 0) is 13.1 Å². The lowest BCUT2D eigenvalue weighted by atomic mass is 10.3. The number of aromatic nitrogens is 2. The summed E-state index contributed by atoms with van der Waals surface area (Å²) in [5.41, 5.74) is 2.32. The molecule has 1 aromatic carbocycles. The Balaban J connectivity index is 0.000000810. The molecule has 0 saturated carbocycles. The summed E-state index contributed by atoms with van der Waals surface area (Å²) in [6.07, 6.45) is 1.93. The van der Waals surface area contributed by atoms with Gasteiger partial charge in [0.25, 0.3) is 0 Å². The first-order chi connectivity index (χ1) is 7.93. The second-order valence-corrected chi connectivity index (χ2v) is 3.89. The number of hydrogen-bond acceptors (Lipinski definition) is 3. The minimum Gasteiger partial charge on any atom is -0.326 e. The first-order valence-electron chi connectivity index (χ1n) is 5.51. The van der Waals surface area contributed by atoms with Crippen LogP contribution in [-0.4, -0.2) is 16.1 Å². The smallest absolute Gasteiger partial charge is 0.207 e. The molecule has 0 fully saturated rings. The van der Waals surface area contributed by atoms with Gasteiger partial charge in [0.1, 0.15) is 0 Å². The number of nitrogens with zero attached hydrogens (tertiary/aromatic N) is 2. The molecule has 2 aromatic rings. The number of fused-ring (bicyclic) bond motifs is 1. The van der Waals surface area contributed by atoms with E-state index in [-0.39, 0.29) is 24.8 Å². The van der Waals surface area contributed by atoms with Gasteiger partial charge in [0.05, 0.1) is 11.9 Å². The third kappa shape index (κ3) is 2.96. The number of anilines is 2. The summed E-state index contributed by atoms with van der Waals surface area (Å²) in [5, 5.41) is 6.67. The first-order valence-corrected chi connectivity index (χ1v) is 5.51. The molecule has 0 atom stereocenters. The normalized spacial score (nSPS) is 12.9. The highest BCUT2D eigenvalue weighted by Crippen LogP contribution is 2.18. The Morgan fingerprint density at radius 3 is 2.72 bits per heavy atom. The van der Waals surface area contributed by atoms with E-state index in [9.17, 15) is 0 Å². The van der Waals surface area contributed by atoms with Gasteiger partial charge in [0, 0.05) is 25.3 Å². The van der Waals surface area contributed by atoms with Crippen LogP contribution in [0.2, 0.25) is 0 Å². The Hall–Kier alpha value is -1.23. The zero-order valence-electron chi connectivity index (χ0n) is 9.80. The summed E-state index contributed by atoms with van der Waals surface area (Å²) in [7, 11) is 0. The fourth-order valence-corrected chi connectivity index (χ4v) is 1.96. The molecule has 98 valence electrons. The average molecular weight is 287 g/mol. The SMILES string of the molecule is Cl.Cl.c1ccc(Nc2ncc3n2CCNC3)cc1. The molecule has 0 saturated heterocycles. The summed E-state index contributed by atoms with van der Waals surface area (Å²) in [6, 6.07) is 10.1. The summed E-state index contributed by atoms with van der Waals surface area (Å²) >= 11 is 0. The maximum absolute atomic E-state index is 4.40. The molecule has 0 radical (unpaired) electrons. The molecule has 0 spiro atoms. The van der Waals surface area contributed by atoms with Crippen LogP contribution in [0.25, 0.3) is 0 Å². The van der Waals surface area contributed by atoms with Gasteiger partial charge in [0.15, 0.2) is 0 Å². The summed E-state index contributed by atoms with van der Waals surface area (Å²) in [4.78, 5) is 4.40. The third-order valence-corrected chi connectivity index (χ3v) is 2.79. The lowest BCUT2D eigenvalue weighted by Gasteiger charge is -2.18. The minimum absolute atomic E-state index is 0. The quantitative estimate of drug-likeness (QED) is 0.892. The van der Waals surface area contributed by atoms with E-state index in [0.717, 1.165) is 31.3 Å². The van der Waals surface area contributed by atoms with Crippen LogP contribution in [0.1, 0.15) is 5.69 Å². The number of para-hydroxylation sites is 1. The summed E-state index contributed by atoms with van der Waals surface area (Å²) in [6.45, 7) is 2.89. The molecule has 6 heteroatoms. The maximum Gasteiger partial charge on any atom is 0.207 e. The lowest BCUT2D eigenvalue weighted by molar-refractivity contribution is 0.520. The van der Waals surface area contributed by atoms with Gasteiger partial charge in [-0.3, -0.25) is 0 Å². The number of imidazole rings is 1. The van der Waals surface area contributed by atoms with Crippen molar-refractivity contribution in [2.45, 2.75) is 13.1 Å². The summed E-state index contributed by atoms with van der Waals surface area (Å²) < 4.78 is 2.23. The molecule has 3 rings (SSSR count). The molecule has 2 N–H and O–H groups in total. The van der Waals surface area contributed by atoms with Crippen LogP contribution in [0.4, 0.5) is 11.6 Å². The Kier molecular flexibility index (Phi) is 5.47. The number of hydrogen-bond donors (Lipinski definition) is 2. The second-order valence-electron chi connectivity index (χ2n) is 3.89. The second kappa shape index (κ2) is 6.64. The molecule has 0 aliphatic carbocycles. The number of nitrogens with one attached hydrogen (secondary N) is 2. The molecular formula is C12H16Cl2N4. The zero-order valence-corrected chi connectivity index (χ0v) is 11.4. The van der Waals surface area contributed by atoms with E-state index in [1.54, 1.807) is 0 Å². The van der Waals surface area contributed by atoms with E-state index < -0.39 is 0 Å². The van der Waals surface area contributed by atoms with E-state index >= 15 is 0 Å². The predicted molar refractivity (Wildman–Crippen MR) is 78.2 cm³/mol. The Morgan fingerprint density at radius 2 is 1.94 bits per heavy atom. The highest BCUT2D eigenvalue weighted by molar-refractivity contribution is 5.85. The van der Waals surface area contributed by atoms with Crippen molar-refractivity contribution in [2.24, 2.45) is 0 Å². The van der Waals surface area contributed by atoms with Gasteiger partial charge in [-0.05, 0) is 12.1 Å². The predicted octanol–water partition coefficient (Wildman–Crippen LogP) is 2.57. The third-order valence-electron chi connectivity index (χ3n) is 2.79. The maximum atomic E-state index is 4.40. The van der Waals surface area contributed by atoms with Crippen molar-refractivity contribution in [3.8, 4) is 0 Å². The van der Waals surface area contributed by atoms with E-state index in [0.29, 0.717) is 0 Å². The molecule has 0 amide bonds. The highest BCUT2D eigenvalue weighted by Gasteiger charge is 2.12. The van der Waals surface area contributed by atoms with Gasteiger partial charge in [-0.1, -0.05) is 18.2 Å². The van der Waals surface area contributed by atoms with E-state index in [4.69, 9.17) is 0 Å². The fraction of sp³-hybridized carbons (Fsp3) is 0.250. The molecule has 18 heavy (non-hydrogen) atoms. The van der Waals surface area contributed by atoms with Gasteiger partial charge in [-0.25, -0.2) is 4.98 Å². The van der Waals surface area contributed by atoms with Gasteiger partial charge in [-0.2, -0.15) is 0 Å². The van der Waals surface area contributed by atoms with Crippen LogP contribution in [0.15, 0.2) is 36.5 Å². The minimum atomic E-state index is 0. The molecule has 4 nitrogen and oxygen atoms in total. The van der Waals surface area contributed by atoms with Gasteiger partial charge >= 0.3 is 0 Å². The lowest BCUT2D eigenvalue weighted by Crippen LogP contribution is -2.28. The molecular weight excluding hydrogens is 271 g/mol. The Morgan fingerprint density at radius 1 is 1.17 bits per heavy atom. The van der Waals surface area contributed by atoms with Crippen LogP contribution >= 0.6 is 24.8 Å². The van der Waals surface area contributed by atoms with E-state index in [1.165, 1.54) is 5.69 Å². The van der Waals surface area contributed by atoms with Crippen LogP contribution in [0.3, 0.4) is 0 Å². The van der Waals surface area contributed by atoms with Gasteiger partial charge in [0.2, 0.25) is 5.95 Å². The number of rotatable bonds is 2. The molecule has 1 aliphatic rings. The fourth-order valence-electron chi connectivity index (χ4n) is 1.96. The largest absolute Gasteiger partial charge is 0.326 e. The first kappa shape index (κ1) is 14.8. The molecule has 1 aliphatic heterocycles. The van der Waals surface area contributed by atoms with Crippen molar-refractivity contribution in [1.82, 2.24) is 14.9 Å². The average Bonchev–Trinajstić information content (AvgIpc) is 2.74. The summed E-state index contributed by atoms with van der Waals surface area (Å²) in [5.74, 6) is 0.933. The van der Waals surface area contributed by atoms with Crippen molar-refractivity contribution in [3.05, 3.63) is 42.2 Å². The van der Waals surface area contributed by atoms with Crippen molar-refractivity contribution in [3.63, 3.8) is 0 Å². The van der Waals surface area contributed by atoms with E-state index in [2.05, 4.69) is 20.2 Å². The molecule has 0 bridgehead atoms. The monoisotopic (exact) mass is 286 g/mol. The molecule has 1 aromatic heterocycles. The van der Waals surface area contributed by atoms with Gasteiger partial charge in [-0.15, -0.1) is 24.8 Å². The van der Waals surface area contributed by atoms with Gasteiger partial charge < -0.3 is 15.2 Å². The van der Waals surface area contributed by atoms with Crippen LogP contribution in [0.5, 0.6) is 0 Å². The van der Waals surface area contributed by atoms with Crippen molar-refractivity contribution in [2.75, 3.05) is 11.9 Å². The molecule has 0 unspecified atom stereocenters. The van der Waals surface area contributed by atoms with Crippen LogP contribution in [0, 0.1) is 0 Å². The Labute approximate surface area is 119 Å². The highest BCUT2D eigenvalue weighted by atomic mass is 35.5. The zero-order chi connectivity index (χ0) is 10.8. The molecule has 2 heterocycles. The van der Waals surface area contributed by atoms with Crippen molar-refractivity contribution in [1.29, 1.82) is 0 Å². The standard InChI is InChI=1S/C12H14N4.2ClH/c1-2-4-10(5-3-1)15-12-14-9-11-8-13-6-7-16(11)12;;/h1-5,9,13H,6-8H2,(H,14,15);2*1H. The Bertz CT molecular complexity index is 484.